The summed E-state index contributed by atoms with van der Waals surface area (Å²) in [5, 5.41) is 3.69. The molecule has 0 aromatic rings. The molecule has 1 saturated heterocycles. The summed E-state index contributed by atoms with van der Waals surface area (Å²) < 4.78 is 5.69. The predicted octanol–water partition coefficient (Wildman–Crippen LogP) is 3.46. The molecule has 0 spiro atoms. The molecular formula is C14H29NOS. The second-order valence-corrected chi connectivity index (χ2v) is 5.97. The van der Waals surface area contributed by atoms with Crippen LogP contribution in [0.25, 0.3) is 0 Å². The van der Waals surface area contributed by atoms with Gasteiger partial charge in [-0.25, -0.2) is 0 Å². The summed E-state index contributed by atoms with van der Waals surface area (Å²) in [6.07, 6.45) is 11.8. The summed E-state index contributed by atoms with van der Waals surface area (Å²) in [4.78, 5) is 0. The van der Waals surface area contributed by atoms with Crippen LogP contribution in [0.4, 0.5) is 0 Å². The molecule has 102 valence electrons. The first-order chi connectivity index (χ1) is 8.36. The number of hydrogen-bond donors (Lipinski definition) is 1. The van der Waals surface area contributed by atoms with Crippen LogP contribution in [0.2, 0.25) is 0 Å². The van der Waals surface area contributed by atoms with Crippen LogP contribution in [0.15, 0.2) is 0 Å². The number of rotatable bonds is 9. The van der Waals surface area contributed by atoms with Gasteiger partial charge in [-0.3, -0.25) is 0 Å². The average Bonchev–Trinajstić information content (AvgIpc) is 2.38. The Morgan fingerprint density at radius 1 is 1.24 bits per heavy atom. The SMILES string of the molecule is CCC1CC(NCCCCCCSC)CCO1. The Bertz CT molecular complexity index is 178. The molecule has 0 aliphatic carbocycles. The zero-order valence-corrected chi connectivity index (χ0v) is 12.4. The molecule has 1 N–H and O–H groups in total. The molecule has 1 rings (SSSR count). The van der Waals surface area contributed by atoms with Gasteiger partial charge in [0.15, 0.2) is 0 Å². The minimum absolute atomic E-state index is 0.503. The van der Waals surface area contributed by atoms with Gasteiger partial charge in [0.25, 0.3) is 0 Å². The van der Waals surface area contributed by atoms with Gasteiger partial charge >= 0.3 is 0 Å². The summed E-state index contributed by atoms with van der Waals surface area (Å²) in [6.45, 7) is 4.36. The second kappa shape index (κ2) is 10.2. The van der Waals surface area contributed by atoms with Gasteiger partial charge in [-0.1, -0.05) is 19.8 Å². The average molecular weight is 259 g/mol. The third-order valence-electron chi connectivity index (χ3n) is 3.53. The molecule has 0 saturated carbocycles. The van der Waals surface area contributed by atoms with E-state index in [9.17, 15) is 0 Å². The third kappa shape index (κ3) is 7.32. The van der Waals surface area contributed by atoms with E-state index in [1.165, 1.54) is 50.8 Å². The van der Waals surface area contributed by atoms with E-state index in [1.807, 2.05) is 11.8 Å². The van der Waals surface area contributed by atoms with Crippen molar-refractivity contribution in [3.05, 3.63) is 0 Å². The fourth-order valence-electron chi connectivity index (χ4n) is 2.38. The Morgan fingerprint density at radius 3 is 2.82 bits per heavy atom. The lowest BCUT2D eigenvalue weighted by molar-refractivity contribution is 0.0000000786. The van der Waals surface area contributed by atoms with E-state index in [0.29, 0.717) is 12.1 Å². The molecule has 3 heteroatoms. The number of hydrogen-bond acceptors (Lipinski definition) is 3. The Kier molecular flexibility index (Phi) is 9.21. The van der Waals surface area contributed by atoms with Crippen LogP contribution in [0, 0.1) is 0 Å². The van der Waals surface area contributed by atoms with Gasteiger partial charge in [-0.05, 0) is 50.7 Å². The van der Waals surface area contributed by atoms with Crippen molar-refractivity contribution in [3.8, 4) is 0 Å². The van der Waals surface area contributed by atoms with Gasteiger partial charge in [-0.2, -0.15) is 11.8 Å². The van der Waals surface area contributed by atoms with Gasteiger partial charge in [0.2, 0.25) is 0 Å². The van der Waals surface area contributed by atoms with Crippen molar-refractivity contribution >= 4 is 11.8 Å². The molecule has 0 radical (unpaired) electrons. The quantitative estimate of drug-likeness (QED) is 0.641. The fourth-order valence-corrected chi connectivity index (χ4v) is 2.87. The van der Waals surface area contributed by atoms with E-state index >= 15 is 0 Å². The van der Waals surface area contributed by atoms with Crippen LogP contribution < -0.4 is 5.32 Å². The highest BCUT2D eigenvalue weighted by atomic mass is 32.2. The third-order valence-corrected chi connectivity index (χ3v) is 4.23. The van der Waals surface area contributed by atoms with Gasteiger partial charge < -0.3 is 10.1 Å². The highest BCUT2D eigenvalue weighted by Gasteiger charge is 2.20. The second-order valence-electron chi connectivity index (χ2n) is 4.98. The summed E-state index contributed by atoms with van der Waals surface area (Å²) in [5.41, 5.74) is 0. The van der Waals surface area contributed by atoms with E-state index in [2.05, 4.69) is 18.5 Å². The van der Waals surface area contributed by atoms with Crippen LogP contribution in [0.5, 0.6) is 0 Å². The van der Waals surface area contributed by atoms with E-state index < -0.39 is 0 Å². The minimum atomic E-state index is 0.503. The number of ether oxygens (including phenoxy) is 1. The van der Waals surface area contributed by atoms with E-state index in [0.717, 1.165) is 13.0 Å². The van der Waals surface area contributed by atoms with E-state index in [1.54, 1.807) is 0 Å². The lowest BCUT2D eigenvalue weighted by Gasteiger charge is -2.29. The summed E-state index contributed by atoms with van der Waals surface area (Å²) in [5.74, 6) is 1.32. The van der Waals surface area contributed by atoms with Crippen molar-refractivity contribution in [1.29, 1.82) is 0 Å². The van der Waals surface area contributed by atoms with Crippen molar-refractivity contribution in [3.63, 3.8) is 0 Å². The molecule has 0 amide bonds. The molecule has 1 aliphatic heterocycles. The Hall–Kier alpha value is 0.270. The highest BCUT2D eigenvalue weighted by molar-refractivity contribution is 7.98. The van der Waals surface area contributed by atoms with Gasteiger partial charge in [-0.15, -0.1) is 0 Å². The summed E-state index contributed by atoms with van der Waals surface area (Å²) in [7, 11) is 0. The number of nitrogens with one attached hydrogen (secondary N) is 1. The van der Waals surface area contributed by atoms with Crippen molar-refractivity contribution in [2.75, 3.05) is 25.2 Å². The van der Waals surface area contributed by atoms with Crippen LogP contribution >= 0.6 is 11.8 Å². The largest absolute Gasteiger partial charge is 0.378 e. The van der Waals surface area contributed by atoms with Gasteiger partial charge in [0.1, 0.15) is 0 Å². The molecule has 1 heterocycles. The molecular weight excluding hydrogens is 230 g/mol. The van der Waals surface area contributed by atoms with Crippen LogP contribution in [-0.4, -0.2) is 37.3 Å². The highest BCUT2D eigenvalue weighted by Crippen LogP contribution is 2.16. The van der Waals surface area contributed by atoms with Crippen molar-refractivity contribution in [2.24, 2.45) is 0 Å². The van der Waals surface area contributed by atoms with E-state index in [4.69, 9.17) is 4.74 Å². The van der Waals surface area contributed by atoms with Crippen molar-refractivity contribution in [2.45, 2.75) is 64.0 Å². The predicted molar refractivity (Wildman–Crippen MR) is 77.9 cm³/mol. The van der Waals surface area contributed by atoms with Crippen molar-refractivity contribution < 1.29 is 4.74 Å². The van der Waals surface area contributed by atoms with Crippen LogP contribution in [0.3, 0.4) is 0 Å². The minimum Gasteiger partial charge on any atom is -0.378 e. The number of thioether (sulfide) groups is 1. The molecule has 1 aliphatic rings. The summed E-state index contributed by atoms with van der Waals surface area (Å²) >= 11 is 1.96. The Balaban J connectivity index is 1.91. The maximum atomic E-state index is 5.69. The Morgan fingerprint density at radius 2 is 2.06 bits per heavy atom. The zero-order valence-electron chi connectivity index (χ0n) is 11.5. The molecule has 1 fully saturated rings. The van der Waals surface area contributed by atoms with Crippen LogP contribution in [0.1, 0.15) is 51.9 Å². The first-order valence-electron chi connectivity index (χ1n) is 7.20. The standard InChI is InChI=1S/C14H29NOS/c1-3-14-12-13(8-10-16-14)15-9-6-4-5-7-11-17-2/h13-15H,3-12H2,1-2H3. The lowest BCUT2D eigenvalue weighted by Crippen LogP contribution is -2.39. The first-order valence-corrected chi connectivity index (χ1v) is 8.60. The smallest absolute Gasteiger partial charge is 0.0587 e. The fraction of sp³-hybridized carbons (Fsp3) is 1.00. The van der Waals surface area contributed by atoms with Gasteiger partial charge in [0, 0.05) is 12.6 Å². The maximum Gasteiger partial charge on any atom is 0.0587 e. The topological polar surface area (TPSA) is 21.3 Å². The molecule has 2 atom stereocenters. The molecule has 0 bridgehead atoms. The zero-order chi connectivity index (χ0) is 12.3. The van der Waals surface area contributed by atoms with E-state index in [-0.39, 0.29) is 0 Å². The Labute approximate surface area is 111 Å². The monoisotopic (exact) mass is 259 g/mol. The first kappa shape index (κ1) is 15.3. The molecule has 2 unspecified atom stereocenters. The molecule has 2 nitrogen and oxygen atoms in total. The van der Waals surface area contributed by atoms with Crippen molar-refractivity contribution in [1.82, 2.24) is 5.32 Å². The van der Waals surface area contributed by atoms with Gasteiger partial charge in [0.05, 0.1) is 6.10 Å². The molecule has 17 heavy (non-hydrogen) atoms. The summed E-state index contributed by atoms with van der Waals surface area (Å²) in [6, 6.07) is 0.708. The normalized spacial score (nSPS) is 25.1. The molecule has 0 aromatic carbocycles. The van der Waals surface area contributed by atoms with Crippen LogP contribution in [-0.2, 0) is 4.74 Å². The molecule has 0 aromatic heterocycles. The number of unbranched alkanes of at least 4 members (excludes halogenated alkanes) is 3. The maximum absolute atomic E-state index is 5.69. The lowest BCUT2D eigenvalue weighted by atomic mass is 10.0.